The molecule has 0 radical (unpaired) electrons. The van der Waals surface area contributed by atoms with Crippen molar-refractivity contribution < 1.29 is 23.5 Å². The van der Waals surface area contributed by atoms with Crippen molar-refractivity contribution >= 4 is 12.0 Å². The first-order valence-corrected chi connectivity index (χ1v) is 13.9. The van der Waals surface area contributed by atoms with Crippen LogP contribution in [0.25, 0.3) is 11.1 Å². The molecule has 6 rings (SSSR count). The van der Waals surface area contributed by atoms with Crippen LogP contribution >= 0.6 is 0 Å². The lowest BCUT2D eigenvalue weighted by Crippen LogP contribution is -2.45. The fraction of sp³-hybridized carbons (Fsp3) is 0.273. The minimum atomic E-state index is -0.542. The maximum Gasteiger partial charge on any atom is 0.435 e. The molecule has 0 saturated heterocycles. The first kappa shape index (κ1) is 27.2. The average molecular weight is 565 g/mol. The molecule has 1 heterocycles. The average Bonchev–Trinajstić information content (AvgIpc) is 3.76. The van der Waals surface area contributed by atoms with Gasteiger partial charge in [0.2, 0.25) is 0 Å². The highest BCUT2D eigenvalue weighted by atomic mass is 19.1. The first-order chi connectivity index (χ1) is 20.5. The number of benzene rings is 3. The van der Waals surface area contributed by atoms with E-state index >= 15 is 0 Å². The highest BCUT2D eigenvalue weighted by Crippen LogP contribution is 2.37. The molecule has 42 heavy (non-hydrogen) atoms. The van der Waals surface area contributed by atoms with Crippen molar-refractivity contribution in [1.82, 2.24) is 14.7 Å². The number of aryl methyl sites for hydroxylation is 1. The fourth-order valence-electron chi connectivity index (χ4n) is 5.66. The summed E-state index contributed by atoms with van der Waals surface area (Å²) in [6.45, 7) is 0.159. The molecular formula is C33H29FN4O4. The van der Waals surface area contributed by atoms with Gasteiger partial charge in [-0.3, -0.25) is 4.79 Å². The van der Waals surface area contributed by atoms with Crippen LogP contribution in [-0.4, -0.2) is 45.9 Å². The standard InChI is InChI=1S/C33H29FN4O4/c1-41-30-17-22(31-23(18-35)8-5-9-28(31)34)10-14-27(30)32(39)38(25-11-12-25)26-13-15-29-24(16-26)19-37(36-29)33(40)42-20-21-6-3-2-4-7-21/h2-10,14,17,19,25-26H,11-13,15-16,20H2,1H3. The van der Waals surface area contributed by atoms with Crippen molar-refractivity contribution in [2.45, 2.75) is 50.8 Å². The van der Waals surface area contributed by atoms with Gasteiger partial charge in [0.15, 0.2) is 0 Å². The third-order valence-electron chi connectivity index (χ3n) is 7.86. The summed E-state index contributed by atoms with van der Waals surface area (Å²) in [7, 11) is 1.47. The second-order valence-corrected chi connectivity index (χ2v) is 10.6. The van der Waals surface area contributed by atoms with Crippen molar-refractivity contribution in [3.8, 4) is 22.9 Å². The number of ether oxygens (including phenoxy) is 2. The lowest BCUT2D eigenvalue weighted by atomic mass is 9.91. The molecule has 8 nitrogen and oxygen atoms in total. The van der Waals surface area contributed by atoms with Crippen molar-refractivity contribution in [2.24, 2.45) is 0 Å². The second-order valence-electron chi connectivity index (χ2n) is 10.6. The Hall–Kier alpha value is -4.97. The van der Waals surface area contributed by atoms with Crippen molar-refractivity contribution in [3.05, 3.63) is 107 Å². The van der Waals surface area contributed by atoms with Crippen LogP contribution in [0.2, 0.25) is 0 Å². The van der Waals surface area contributed by atoms with Gasteiger partial charge in [-0.25, -0.2) is 9.18 Å². The molecule has 0 bridgehead atoms. The number of fused-ring (bicyclic) bond motifs is 1. The molecule has 1 atom stereocenters. The van der Waals surface area contributed by atoms with E-state index in [0.29, 0.717) is 36.1 Å². The van der Waals surface area contributed by atoms with Crippen LogP contribution in [0, 0.1) is 17.1 Å². The van der Waals surface area contributed by atoms with Gasteiger partial charge >= 0.3 is 6.09 Å². The Morgan fingerprint density at radius 3 is 2.62 bits per heavy atom. The molecule has 1 saturated carbocycles. The molecular weight excluding hydrogens is 535 g/mol. The van der Waals surface area contributed by atoms with Gasteiger partial charge in [0.1, 0.15) is 18.2 Å². The summed E-state index contributed by atoms with van der Waals surface area (Å²) >= 11 is 0. The van der Waals surface area contributed by atoms with Gasteiger partial charge in [-0.2, -0.15) is 15.0 Å². The normalized spacial score (nSPS) is 15.8. The summed E-state index contributed by atoms with van der Waals surface area (Å²) in [5.74, 6) is -0.351. The van der Waals surface area contributed by atoms with E-state index in [9.17, 15) is 19.2 Å². The summed E-state index contributed by atoms with van der Waals surface area (Å²) in [5, 5.41) is 14.0. The maximum atomic E-state index is 14.7. The van der Waals surface area contributed by atoms with Gasteiger partial charge in [-0.15, -0.1) is 0 Å². The zero-order valence-electron chi connectivity index (χ0n) is 23.1. The number of hydrogen-bond acceptors (Lipinski definition) is 6. The summed E-state index contributed by atoms with van der Waals surface area (Å²) in [6.07, 6.45) is 4.93. The molecule has 1 aromatic heterocycles. The molecule has 1 amide bonds. The van der Waals surface area contributed by atoms with Crippen LogP contribution in [-0.2, 0) is 24.2 Å². The number of hydrogen-bond donors (Lipinski definition) is 0. The van der Waals surface area contributed by atoms with Crippen LogP contribution in [0.5, 0.6) is 5.75 Å². The summed E-state index contributed by atoms with van der Waals surface area (Å²) in [5.41, 5.74) is 3.88. The van der Waals surface area contributed by atoms with E-state index < -0.39 is 11.9 Å². The Labute approximate surface area is 242 Å². The second kappa shape index (κ2) is 11.5. The van der Waals surface area contributed by atoms with E-state index in [0.717, 1.165) is 29.7 Å². The van der Waals surface area contributed by atoms with Gasteiger partial charge in [0, 0.05) is 23.8 Å². The third kappa shape index (κ3) is 5.36. The Balaban J connectivity index is 1.21. The maximum absolute atomic E-state index is 14.7. The van der Waals surface area contributed by atoms with E-state index in [1.54, 1.807) is 30.5 Å². The quantitative estimate of drug-likeness (QED) is 0.277. The SMILES string of the molecule is COc1cc(-c2c(F)cccc2C#N)ccc1C(=O)N(C1CC1)C1CCc2nn(C(=O)OCc3ccccc3)cc2C1. The van der Waals surface area contributed by atoms with Crippen molar-refractivity contribution in [2.75, 3.05) is 7.11 Å². The third-order valence-corrected chi connectivity index (χ3v) is 7.86. The van der Waals surface area contributed by atoms with Crippen LogP contribution in [0.4, 0.5) is 9.18 Å². The lowest BCUT2D eigenvalue weighted by molar-refractivity contribution is 0.0639. The zero-order chi connectivity index (χ0) is 29.2. The molecule has 3 aromatic carbocycles. The summed E-state index contributed by atoms with van der Waals surface area (Å²) < 4.78 is 27.0. The van der Waals surface area contributed by atoms with Gasteiger partial charge < -0.3 is 14.4 Å². The fourth-order valence-corrected chi connectivity index (χ4v) is 5.66. The number of methoxy groups -OCH3 is 1. The van der Waals surface area contributed by atoms with Gasteiger partial charge in [-0.1, -0.05) is 42.5 Å². The molecule has 2 aliphatic rings. The molecule has 212 valence electrons. The molecule has 2 aliphatic carbocycles. The number of carbonyl (C=O) groups is 2. The number of rotatable bonds is 7. The molecule has 1 unspecified atom stereocenters. The minimum Gasteiger partial charge on any atom is -0.496 e. The van der Waals surface area contributed by atoms with E-state index in [1.165, 1.54) is 23.9 Å². The van der Waals surface area contributed by atoms with E-state index in [4.69, 9.17) is 9.47 Å². The minimum absolute atomic E-state index is 0.0726. The lowest BCUT2D eigenvalue weighted by Gasteiger charge is -2.34. The van der Waals surface area contributed by atoms with Crippen molar-refractivity contribution in [1.29, 1.82) is 5.26 Å². The Bertz CT molecular complexity index is 1690. The predicted octanol–water partition coefficient (Wildman–Crippen LogP) is 5.92. The van der Waals surface area contributed by atoms with Gasteiger partial charge in [0.05, 0.1) is 30.0 Å². The Kier molecular flexibility index (Phi) is 7.44. The largest absolute Gasteiger partial charge is 0.496 e. The number of nitrogens with zero attached hydrogens (tertiary/aromatic N) is 4. The van der Waals surface area contributed by atoms with Crippen LogP contribution in [0.15, 0.2) is 72.9 Å². The number of nitriles is 1. The molecule has 0 aliphatic heterocycles. The molecule has 9 heteroatoms. The van der Waals surface area contributed by atoms with E-state index in [2.05, 4.69) is 5.10 Å². The van der Waals surface area contributed by atoms with Crippen LogP contribution in [0.3, 0.4) is 0 Å². The van der Waals surface area contributed by atoms with Gasteiger partial charge in [-0.05, 0) is 73.1 Å². The first-order valence-electron chi connectivity index (χ1n) is 13.9. The Morgan fingerprint density at radius 1 is 1.07 bits per heavy atom. The molecule has 4 aromatic rings. The summed E-state index contributed by atoms with van der Waals surface area (Å²) in [6, 6.07) is 20.8. The highest BCUT2D eigenvalue weighted by molar-refractivity contribution is 5.98. The van der Waals surface area contributed by atoms with Crippen LogP contribution in [0.1, 0.15) is 52.0 Å². The molecule has 1 fully saturated rings. The van der Waals surface area contributed by atoms with Gasteiger partial charge in [0.25, 0.3) is 5.91 Å². The Morgan fingerprint density at radius 2 is 1.88 bits per heavy atom. The number of halogens is 1. The zero-order valence-corrected chi connectivity index (χ0v) is 23.1. The highest BCUT2D eigenvalue weighted by Gasteiger charge is 2.40. The topological polar surface area (TPSA) is 97.5 Å². The van der Waals surface area contributed by atoms with Crippen LogP contribution < -0.4 is 4.74 Å². The molecule has 0 spiro atoms. The number of amides is 1. The number of carbonyl (C=O) groups excluding carboxylic acids is 2. The number of aromatic nitrogens is 2. The van der Waals surface area contributed by atoms with E-state index in [-0.39, 0.29) is 35.7 Å². The van der Waals surface area contributed by atoms with Crippen molar-refractivity contribution in [3.63, 3.8) is 0 Å². The predicted molar refractivity (Wildman–Crippen MR) is 152 cm³/mol. The van der Waals surface area contributed by atoms with E-state index in [1.807, 2.05) is 41.3 Å². The monoisotopic (exact) mass is 564 g/mol. The molecule has 0 N–H and O–H groups in total. The smallest absolute Gasteiger partial charge is 0.435 e. The summed E-state index contributed by atoms with van der Waals surface area (Å²) in [4.78, 5) is 28.6.